The number of aliphatic imine (C=N–C) groups is 1. The fourth-order valence-corrected chi connectivity index (χ4v) is 6.20. The van der Waals surface area contributed by atoms with Gasteiger partial charge in [-0.1, -0.05) is 45.0 Å². The Bertz CT molecular complexity index is 1630. The first kappa shape index (κ1) is 27.2. The second kappa shape index (κ2) is 10.8. The number of nitrogens with one attached hydrogen (secondary N) is 2. The lowest BCUT2D eigenvalue weighted by atomic mass is 9.93. The third-order valence-electron chi connectivity index (χ3n) is 7.59. The largest absolute Gasteiger partial charge is 0.359 e. The molecule has 0 aliphatic carbocycles. The van der Waals surface area contributed by atoms with E-state index in [1.807, 2.05) is 51.3 Å². The average molecular weight is 573 g/mol. The van der Waals surface area contributed by atoms with Gasteiger partial charge in [-0.3, -0.25) is 9.72 Å². The zero-order valence-corrected chi connectivity index (χ0v) is 25.0. The summed E-state index contributed by atoms with van der Waals surface area (Å²) in [6.45, 7) is 12.4. The van der Waals surface area contributed by atoms with E-state index in [0.29, 0.717) is 17.3 Å². The maximum Gasteiger partial charge on any atom is 0.324 e. The minimum absolute atomic E-state index is 0.185. The molecule has 2 N–H and O–H groups in total. The van der Waals surface area contributed by atoms with E-state index in [4.69, 9.17) is 14.5 Å². The Morgan fingerprint density at radius 1 is 1.10 bits per heavy atom. The Morgan fingerprint density at radius 3 is 2.54 bits per heavy atom. The van der Waals surface area contributed by atoms with Gasteiger partial charge in [0.1, 0.15) is 11.6 Å². The maximum atomic E-state index is 12.5. The topological polar surface area (TPSA) is 103 Å². The number of rotatable bonds is 5. The molecule has 0 atom stereocenters. The van der Waals surface area contributed by atoms with Crippen LogP contribution in [-0.4, -0.2) is 69.8 Å². The lowest BCUT2D eigenvalue weighted by Crippen LogP contribution is -2.43. The monoisotopic (exact) mass is 572 g/mol. The zero-order chi connectivity index (χ0) is 28.7. The van der Waals surface area contributed by atoms with Crippen LogP contribution in [0, 0.1) is 0 Å². The number of piperazine rings is 1. The summed E-state index contributed by atoms with van der Waals surface area (Å²) in [6, 6.07) is 9.02. The summed E-state index contributed by atoms with van der Waals surface area (Å²) in [5, 5.41) is 9.50. The first-order chi connectivity index (χ1) is 19.7. The molecule has 0 bridgehead atoms. The fraction of sp³-hybridized carbons (Fsp3) is 0.400. The molecule has 0 unspecified atom stereocenters. The van der Waals surface area contributed by atoms with Crippen LogP contribution < -0.4 is 10.6 Å². The number of nitrogens with zero attached hydrogens (tertiary/aromatic N) is 6. The highest BCUT2D eigenvalue weighted by molar-refractivity contribution is 7.17. The van der Waals surface area contributed by atoms with Crippen LogP contribution in [0.2, 0.25) is 0 Å². The van der Waals surface area contributed by atoms with E-state index in [1.165, 1.54) is 10.5 Å². The number of amides is 2. The fourth-order valence-electron chi connectivity index (χ4n) is 5.09. The van der Waals surface area contributed by atoms with Crippen molar-refractivity contribution in [3.63, 3.8) is 0 Å². The molecule has 10 nitrogen and oxygen atoms in total. The third-order valence-corrected chi connectivity index (χ3v) is 8.66. The molecule has 1 fully saturated rings. The minimum Gasteiger partial charge on any atom is -0.359 e. The smallest absolute Gasteiger partial charge is 0.324 e. The summed E-state index contributed by atoms with van der Waals surface area (Å²) in [5.41, 5.74) is 4.84. The van der Waals surface area contributed by atoms with E-state index in [9.17, 15) is 4.79 Å². The van der Waals surface area contributed by atoms with Crippen molar-refractivity contribution < 1.29 is 9.32 Å². The number of carbonyl (C=O) groups is 1. The predicted octanol–water partition coefficient (Wildman–Crippen LogP) is 5.84. The zero-order valence-electron chi connectivity index (χ0n) is 24.2. The van der Waals surface area contributed by atoms with Crippen molar-refractivity contribution in [2.75, 3.05) is 43.9 Å². The highest BCUT2D eigenvalue weighted by Gasteiger charge is 2.24. The number of fused-ring (bicyclic) bond motifs is 3. The summed E-state index contributed by atoms with van der Waals surface area (Å²) in [5.74, 6) is 2.22. The van der Waals surface area contributed by atoms with Crippen LogP contribution >= 0.6 is 11.3 Å². The van der Waals surface area contributed by atoms with Crippen molar-refractivity contribution in [1.29, 1.82) is 0 Å². The number of carbonyl (C=O) groups excluding carboxylic acids is 1. The van der Waals surface area contributed by atoms with E-state index < -0.39 is 0 Å². The van der Waals surface area contributed by atoms with Gasteiger partial charge in [-0.15, -0.1) is 11.3 Å². The van der Waals surface area contributed by atoms with Crippen molar-refractivity contribution in [2.45, 2.75) is 46.0 Å². The Hall–Kier alpha value is -3.96. The van der Waals surface area contributed by atoms with Gasteiger partial charge in [0, 0.05) is 66.4 Å². The summed E-state index contributed by atoms with van der Waals surface area (Å²) in [7, 11) is 2.18. The van der Waals surface area contributed by atoms with Gasteiger partial charge in [0.25, 0.3) is 0 Å². The second-order valence-corrected chi connectivity index (χ2v) is 12.7. The SMILES string of the molecule is CCC1=C(N2CCN(C)CC2)N=Cc2c(sc3nc(-c4ccc(NC(=O)Nc5cc(C(C)(C)C)on5)cc4)cn23)C1. The molecule has 41 heavy (non-hydrogen) atoms. The molecule has 0 radical (unpaired) electrons. The second-order valence-electron chi connectivity index (χ2n) is 11.7. The molecule has 1 aromatic carbocycles. The van der Waals surface area contributed by atoms with Gasteiger partial charge in [0.2, 0.25) is 0 Å². The van der Waals surface area contributed by atoms with Gasteiger partial charge in [-0.25, -0.2) is 14.8 Å². The number of likely N-dealkylation sites (N-methyl/N-ethyl adjacent to an activating group) is 1. The highest BCUT2D eigenvalue weighted by Crippen LogP contribution is 2.33. The molecule has 2 amide bonds. The number of anilines is 2. The molecule has 6 rings (SSSR count). The average Bonchev–Trinajstić information content (AvgIpc) is 3.62. The Morgan fingerprint density at radius 2 is 1.85 bits per heavy atom. The van der Waals surface area contributed by atoms with E-state index in [2.05, 4.69) is 50.2 Å². The number of allylic oxidation sites excluding steroid dienone is 1. The van der Waals surface area contributed by atoms with Crippen LogP contribution in [0.3, 0.4) is 0 Å². The first-order valence-corrected chi connectivity index (χ1v) is 14.9. The lowest BCUT2D eigenvalue weighted by Gasteiger charge is -2.34. The minimum atomic E-state index is -0.382. The molecule has 1 saturated heterocycles. The van der Waals surface area contributed by atoms with Gasteiger partial charge in [0.15, 0.2) is 10.8 Å². The Balaban J connectivity index is 1.15. The molecule has 4 aromatic rings. The summed E-state index contributed by atoms with van der Waals surface area (Å²) in [4.78, 5) is 29.5. The summed E-state index contributed by atoms with van der Waals surface area (Å²) >= 11 is 1.73. The molecule has 214 valence electrons. The number of benzene rings is 1. The molecule has 5 heterocycles. The maximum absolute atomic E-state index is 12.5. The first-order valence-electron chi connectivity index (χ1n) is 14.0. The van der Waals surface area contributed by atoms with Crippen LogP contribution in [-0.2, 0) is 11.8 Å². The summed E-state index contributed by atoms with van der Waals surface area (Å²) in [6.07, 6.45) is 5.99. The molecular formula is C30H36N8O2S. The number of urea groups is 1. The van der Waals surface area contributed by atoms with E-state index >= 15 is 0 Å². The molecular weight excluding hydrogens is 536 g/mol. The van der Waals surface area contributed by atoms with Crippen LogP contribution in [0.1, 0.15) is 50.4 Å². The number of hydrogen-bond donors (Lipinski definition) is 2. The van der Waals surface area contributed by atoms with Gasteiger partial charge in [-0.2, -0.15) is 0 Å². The molecule has 3 aromatic heterocycles. The highest BCUT2D eigenvalue weighted by atomic mass is 32.1. The van der Waals surface area contributed by atoms with Gasteiger partial charge in [-0.05, 0) is 31.2 Å². The van der Waals surface area contributed by atoms with E-state index in [-0.39, 0.29) is 11.4 Å². The molecule has 11 heteroatoms. The quantitative estimate of drug-likeness (QED) is 0.312. The van der Waals surface area contributed by atoms with Crippen molar-refractivity contribution in [2.24, 2.45) is 4.99 Å². The van der Waals surface area contributed by atoms with Crippen LogP contribution in [0.25, 0.3) is 16.2 Å². The van der Waals surface area contributed by atoms with Crippen LogP contribution in [0.15, 0.2) is 57.4 Å². The number of thiazole rings is 1. The molecule has 0 saturated carbocycles. The van der Waals surface area contributed by atoms with Crippen LogP contribution in [0.4, 0.5) is 16.3 Å². The Kier molecular flexibility index (Phi) is 7.16. The number of imidazole rings is 1. The third kappa shape index (κ3) is 5.64. The van der Waals surface area contributed by atoms with Gasteiger partial charge in [0.05, 0.1) is 17.6 Å². The predicted molar refractivity (Wildman–Crippen MR) is 164 cm³/mol. The molecule has 0 spiro atoms. The van der Waals surface area contributed by atoms with E-state index in [0.717, 1.165) is 66.8 Å². The van der Waals surface area contributed by atoms with Crippen molar-refractivity contribution in [1.82, 2.24) is 24.3 Å². The van der Waals surface area contributed by atoms with Crippen molar-refractivity contribution in [3.05, 3.63) is 64.3 Å². The molecule has 2 aliphatic heterocycles. The van der Waals surface area contributed by atoms with Crippen molar-refractivity contribution in [3.8, 4) is 11.3 Å². The van der Waals surface area contributed by atoms with Crippen molar-refractivity contribution >= 4 is 40.0 Å². The number of hydrogen-bond acceptors (Lipinski definition) is 8. The molecule has 2 aliphatic rings. The normalized spacial score (nSPS) is 16.3. The van der Waals surface area contributed by atoms with Gasteiger partial charge < -0.3 is 19.6 Å². The Labute approximate surface area is 243 Å². The summed E-state index contributed by atoms with van der Waals surface area (Å²) < 4.78 is 7.49. The van der Waals surface area contributed by atoms with Crippen LogP contribution in [0.5, 0.6) is 0 Å². The van der Waals surface area contributed by atoms with Gasteiger partial charge >= 0.3 is 6.03 Å². The number of aromatic nitrogens is 3. The lowest BCUT2D eigenvalue weighted by molar-refractivity contribution is 0.183. The standard InChI is InChI=1S/C30H36N8O2S/c1-6-19-15-24-23(17-31-27(19)37-13-11-36(5)12-14-37)38-18-22(33-29(38)41-24)20-7-9-21(10-8-20)32-28(39)34-26-16-25(40-35-26)30(2,3)4/h7-10,16-18H,6,11-15H2,1-5H3,(H2,32,34,35,39). The van der Waals surface area contributed by atoms with E-state index in [1.54, 1.807) is 17.4 Å².